The molecule has 0 fully saturated rings. The van der Waals surface area contributed by atoms with Crippen molar-refractivity contribution < 1.29 is 9.90 Å². The molecule has 0 saturated heterocycles. The van der Waals surface area contributed by atoms with Crippen LogP contribution in [0.5, 0.6) is 0 Å². The quantitative estimate of drug-likeness (QED) is 0.608. The van der Waals surface area contributed by atoms with E-state index >= 15 is 0 Å². The highest BCUT2D eigenvalue weighted by atomic mass is 35.5. The zero-order valence-corrected chi connectivity index (χ0v) is 17.1. The molecule has 0 amide bonds. The first-order valence-electron chi connectivity index (χ1n) is 7.61. The SMILES string of the molecule is Cl.Cl.Cn1c(CCCC(=O)O)nc2cc(N(CCCl)CCCl)ccc21. The highest BCUT2D eigenvalue weighted by Crippen LogP contribution is 2.23. The Morgan fingerprint density at radius 3 is 2.44 bits per heavy atom. The molecule has 0 bridgehead atoms. The van der Waals surface area contributed by atoms with Gasteiger partial charge in [-0.05, 0) is 24.6 Å². The number of nitrogens with zero attached hydrogens (tertiary/aromatic N) is 3. The Bertz CT molecular complexity index is 673. The Kier molecular flexibility index (Phi) is 11.3. The number of imidazole rings is 1. The van der Waals surface area contributed by atoms with E-state index < -0.39 is 5.97 Å². The van der Waals surface area contributed by atoms with Gasteiger partial charge < -0.3 is 14.6 Å². The molecule has 9 heteroatoms. The molecule has 2 aromatic rings. The van der Waals surface area contributed by atoms with Gasteiger partial charge in [0.05, 0.1) is 11.0 Å². The van der Waals surface area contributed by atoms with Crippen molar-refractivity contribution in [3.63, 3.8) is 0 Å². The summed E-state index contributed by atoms with van der Waals surface area (Å²) in [4.78, 5) is 17.4. The maximum atomic E-state index is 10.6. The van der Waals surface area contributed by atoms with E-state index in [0.29, 0.717) is 24.6 Å². The van der Waals surface area contributed by atoms with Crippen molar-refractivity contribution in [2.45, 2.75) is 19.3 Å². The summed E-state index contributed by atoms with van der Waals surface area (Å²) in [5.41, 5.74) is 2.99. The number of carboxylic acids is 1. The van der Waals surface area contributed by atoms with Gasteiger partial charge in [-0.1, -0.05) is 0 Å². The number of hydrogen-bond acceptors (Lipinski definition) is 3. The van der Waals surface area contributed by atoms with E-state index in [0.717, 1.165) is 35.6 Å². The van der Waals surface area contributed by atoms with Crippen LogP contribution >= 0.6 is 48.0 Å². The van der Waals surface area contributed by atoms with Crippen LogP contribution in [0.3, 0.4) is 0 Å². The number of anilines is 1. The summed E-state index contributed by atoms with van der Waals surface area (Å²) in [6, 6.07) is 6.12. The van der Waals surface area contributed by atoms with Crippen molar-refractivity contribution in [3.8, 4) is 0 Å². The molecule has 5 nitrogen and oxygen atoms in total. The maximum absolute atomic E-state index is 10.6. The van der Waals surface area contributed by atoms with Crippen molar-refractivity contribution in [1.29, 1.82) is 0 Å². The molecule has 1 heterocycles. The second-order valence-corrected chi connectivity index (χ2v) is 6.13. The fraction of sp³-hybridized carbons (Fsp3) is 0.500. The molecule has 1 aromatic heterocycles. The van der Waals surface area contributed by atoms with Crippen LogP contribution in [0.25, 0.3) is 11.0 Å². The van der Waals surface area contributed by atoms with Crippen molar-refractivity contribution >= 4 is 70.7 Å². The number of carboxylic acid groups (broad SMARTS) is 1. The smallest absolute Gasteiger partial charge is 0.303 e. The van der Waals surface area contributed by atoms with Crippen molar-refractivity contribution in [3.05, 3.63) is 24.0 Å². The Balaban J connectivity index is 0.00000288. The number of benzene rings is 1. The highest BCUT2D eigenvalue weighted by molar-refractivity contribution is 6.18. The summed E-state index contributed by atoms with van der Waals surface area (Å²) >= 11 is 11.7. The Morgan fingerprint density at radius 1 is 1.24 bits per heavy atom. The van der Waals surface area contributed by atoms with E-state index in [4.69, 9.17) is 28.3 Å². The number of aliphatic carboxylic acids is 1. The number of rotatable bonds is 9. The third kappa shape index (κ3) is 6.41. The molecule has 0 radical (unpaired) electrons. The summed E-state index contributed by atoms with van der Waals surface area (Å²) in [6.45, 7) is 1.47. The lowest BCUT2D eigenvalue weighted by molar-refractivity contribution is -0.137. The molecule has 25 heavy (non-hydrogen) atoms. The molecule has 0 saturated carbocycles. The number of carbonyl (C=O) groups is 1. The molecule has 0 aliphatic carbocycles. The molecule has 142 valence electrons. The molecular weight excluding hydrogens is 408 g/mol. The van der Waals surface area contributed by atoms with E-state index in [9.17, 15) is 4.79 Å². The minimum absolute atomic E-state index is 0. The van der Waals surface area contributed by atoms with Crippen LogP contribution in [0.2, 0.25) is 0 Å². The number of alkyl halides is 2. The van der Waals surface area contributed by atoms with Crippen LogP contribution in [0.1, 0.15) is 18.7 Å². The topological polar surface area (TPSA) is 58.4 Å². The number of halogens is 4. The number of aryl methyl sites for hydroxylation is 2. The lowest BCUT2D eigenvalue weighted by Crippen LogP contribution is -2.27. The van der Waals surface area contributed by atoms with Crippen molar-refractivity contribution in [2.24, 2.45) is 7.05 Å². The van der Waals surface area contributed by atoms with Gasteiger partial charge in [0.15, 0.2) is 0 Å². The minimum atomic E-state index is -0.774. The molecule has 1 N–H and O–H groups in total. The molecule has 0 atom stereocenters. The Labute approximate surface area is 170 Å². The zero-order chi connectivity index (χ0) is 16.8. The lowest BCUT2D eigenvalue weighted by Gasteiger charge is -2.22. The van der Waals surface area contributed by atoms with Gasteiger partial charge in [-0.3, -0.25) is 4.79 Å². The largest absolute Gasteiger partial charge is 0.481 e. The van der Waals surface area contributed by atoms with Gasteiger partial charge in [0.25, 0.3) is 0 Å². The number of aromatic nitrogens is 2. The van der Waals surface area contributed by atoms with Crippen LogP contribution in [0.15, 0.2) is 18.2 Å². The van der Waals surface area contributed by atoms with Crippen molar-refractivity contribution in [1.82, 2.24) is 9.55 Å². The molecule has 1 aromatic carbocycles. The average molecular weight is 431 g/mol. The molecule has 2 rings (SSSR count). The third-order valence-electron chi connectivity index (χ3n) is 3.82. The normalized spacial score (nSPS) is 10.2. The van der Waals surface area contributed by atoms with E-state index in [1.54, 1.807) is 0 Å². The first-order chi connectivity index (χ1) is 11.1. The zero-order valence-electron chi connectivity index (χ0n) is 14.0. The van der Waals surface area contributed by atoms with Gasteiger partial charge in [-0.2, -0.15) is 0 Å². The Morgan fingerprint density at radius 2 is 1.88 bits per heavy atom. The molecule has 0 aliphatic rings. The second kappa shape index (κ2) is 11.7. The minimum Gasteiger partial charge on any atom is -0.481 e. The van der Waals surface area contributed by atoms with Gasteiger partial charge in [0.1, 0.15) is 5.82 Å². The average Bonchev–Trinajstić information content (AvgIpc) is 2.83. The molecule has 0 aliphatic heterocycles. The standard InChI is InChI=1S/C16H21Cl2N3O2.2ClH/c1-20-14-6-5-12(21(9-7-17)10-8-18)11-13(14)19-15(20)3-2-4-16(22)23;;/h5-6,11H,2-4,7-10H2,1H3,(H,22,23);2*1H. The van der Waals surface area contributed by atoms with Gasteiger partial charge in [-0.15, -0.1) is 48.0 Å². The monoisotopic (exact) mass is 429 g/mol. The molecule has 0 spiro atoms. The first kappa shape index (κ1) is 24.1. The first-order valence-corrected chi connectivity index (χ1v) is 8.67. The van der Waals surface area contributed by atoms with E-state index in [1.165, 1.54) is 0 Å². The van der Waals surface area contributed by atoms with Crippen LogP contribution in [0, 0.1) is 0 Å². The maximum Gasteiger partial charge on any atom is 0.303 e. The summed E-state index contributed by atoms with van der Waals surface area (Å²) < 4.78 is 2.02. The molecular formula is C16H23Cl4N3O2. The van der Waals surface area contributed by atoms with E-state index in [1.807, 2.05) is 29.8 Å². The van der Waals surface area contributed by atoms with E-state index in [-0.39, 0.29) is 31.2 Å². The van der Waals surface area contributed by atoms with Gasteiger partial charge in [0.2, 0.25) is 0 Å². The van der Waals surface area contributed by atoms with Gasteiger partial charge in [0, 0.05) is 50.4 Å². The van der Waals surface area contributed by atoms with Crippen LogP contribution in [-0.2, 0) is 18.3 Å². The van der Waals surface area contributed by atoms with Crippen LogP contribution in [-0.4, -0.2) is 45.5 Å². The molecule has 0 unspecified atom stereocenters. The third-order valence-corrected chi connectivity index (χ3v) is 4.16. The summed E-state index contributed by atoms with van der Waals surface area (Å²) in [7, 11) is 1.96. The second-order valence-electron chi connectivity index (χ2n) is 5.37. The lowest BCUT2D eigenvalue weighted by atomic mass is 10.2. The number of hydrogen-bond donors (Lipinski definition) is 1. The number of fused-ring (bicyclic) bond motifs is 1. The summed E-state index contributed by atoms with van der Waals surface area (Å²) in [6.07, 6.45) is 1.40. The fourth-order valence-electron chi connectivity index (χ4n) is 2.63. The highest BCUT2D eigenvalue weighted by Gasteiger charge is 2.11. The predicted molar refractivity (Wildman–Crippen MR) is 109 cm³/mol. The van der Waals surface area contributed by atoms with E-state index in [2.05, 4.69) is 9.88 Å². The van der Waals surface area contributed by atoms with Gasteiger partial charge in [-0.25, -0.2) is 4.98 Å². The van der Waals surface area contributed by atoms with Gasteiger partial charge >= 0.3 is 5.97 Å². The van der Waals surface area contributed by atoms with Crippen molar-refractivity contribution in [2.75, 3.05) is 29.7 Å². The van der Waals surface area contributed by atoms with Crippen LogP contribution < -0.4 is 4.90 Å². The Hall–Kier alpha value is -0.880. The predicted octanol–water partition coefficient (Wildman–Crippen LogP) is 4.11. The summed E-state index contributed by atoms with van der Waals surface area (Å²) in [5, 5.41) is 8.74. The summed E-state index contributed by atoms with van der Waals surface area (Å²) in [5.74, 6) is 1.21. The van der Waals surface area contributed by atoms with Crippen LogP contribution in [0.4, 0.5) is 5.69 Å². The fourth-order valence-corrected chi connectivity index (χ4v) is 3.04.